The van der Waals surface area contributed by atoms with Crippen LogP contribution in [-0.4, -0.2) is 0 Å². The summed E-state index contributed by atoms with van der Waals surface area (Å²) in [5.74, 6) is 0. The average Bonchev–Trinajstić information content (AvgIpc) is 3.56. The van der Waals surface area contributed by atoms with Crippen molar-refractivity contribution in [1.82, 2.24) is 0 Å². The molecule has 0 saturated carbocycles. The van der Waals surface area contributed by atoms with Crippen LogP contribution in [0.1, 0.15) is 0 Å². The zero-order valence-corrected chi connectivity index (χ0v) is 21.0. The lowest BCUT2D eigenvalue weighted by Crippen LogP contribution is -1.91. The Labute approximate surface area is 224 Å². The topological polar surface area (TPSA) is 38.3 Å². The van der Waals surface area contributed by atoms with Gasteiger partial charge in [-0.3, -0.25) is 0 Å². The van der Waals surface area contributed by atoms with Gasteiger partial charge in [0, 0.05) is 21.8 Å². The Bertz CT molecular complexity index is 2130. The lowest BCUT2D eigenvalue weighted by atomic mass is 10.0. The second kappa shape index (κ2) is 8.64. The van der Waals surface area contributed by atoms with Crippen LogP contribution in [-0.2, 0) is 0 Å². The minimum atomic E-state index is 0.873. The number of para-hydroxylation sites is 1. The number of fused-ring (bicyclic) bond motifs is 6. The molecule has 8 rings (SSSR count). The summed E-state index contributed by atoms with van der Waals surface area (Å²) >= 11 is 0. The Hall–Kier alpha value is -5.28. The van der Waals surface area contributed by atoms with Gasteiger partial charge >= 0.3 is 0 Å². The van der Waals surface area contributed by atoms with Gasteiger partial charge in [0.05, 0.1) is 11.1 Å². The molecule has 0 unspecified atom stereocenters. The van der Waals surface area contributed by atoms with Crippen LogP contribution in [0.3, 0.4) is 0 Å². The van der Waals surface area contributed by atoms with E-state index in [0.717, 1.165) is 66.4 Å². The molecule has 3 heteroatoms. The van der Waals surface area contributed by atoms with Crippen molar-refractivity contribution in [3.63, 3.8) is 0 Å². The largest absolute Gasteiger partial charge is 0.456 e. The predicted molar refractivity (Wildman–Crippen MR) is 162 cm³/mol. The van der Waals surface area contributed by atoms with E-state index in [1.807, 2.05) is 30.3 Å². The first-order chi connectivity index (χ1) is 19.3. The normalized spacial score (nSPS) is 11.6. The Morgan fingerprint density at radius 3 is 1.79 bits per heavy atom. The zero-order chi connectivity index (χ0) is 25.8. The maximum absolute atomic E-state index is 6.21. The number of nitrogens with one attached hydrogen (secondary N) is 1. The number of hydrogen-bond acceptors (Lipinski definition) is 3. The van der Waals surface area contributed by atoms with E-state index in [1.165, 1.54) is 11.1 Å². The number of benzene rings is 6. The van der Waals surface area contributed by atoms with E-state index in [2.05, 4.69) is 108 Å². The molecule has 0 atom stereocenters. The monoisotopic (exact) mass is 501 g/mol. The van der Waals surface area contributed by atoms with Crippen molar-refractivity contribution in [3.05, 3.63) is 133 Å². The Kier molecular flexibility index (Phi) is 4.82. The molecule has 0 aliphatic carbocycles. The minimum absolute atomic E-state index is 0.873. The highest BCUT2D eigenvalue weighted by atomic mass is 16.3. The first-order valence-electron chi connectivity index (χ1n) is 13.1. The SMILES string of the molecule is c1ccc(-c2ccc3oc4cccc(Nc5ccc(-c6ccc7oc8ccccc8c7c6)cc5)c4c3c2)cc1. The van der Waals surface area contributed by atoms with E-state index in [0.29, 0.717) is 0 Å². The first-order valence-corrected chi connectivity index (χ1v) is 13.1. The third kappa shape index (κ3) is 3.67. The van der Waals surface area contributed by atoms with Crippen LogP contribution in [0.5, 0.6) is 0 Å². The fourth-order valence-electron chi connectivity index (χ4n) is 5.55. The van der Waals surface area contributed by atoms with Crippen molar-refractivity contribution in [2.75, 3.05) is 5.32 Å². The van der Waals surface area contributed by atoms with Gasteiger partial charge in [-0.2, -0.15) is 0 Å². The van der Waals surface area contributed by atoms with E-state index in [-0.39, 0.29) is 0 Å². The summed E-state index contributed by atoms with van der Waals surface area (Å²) in [6.45, 7) is 0. The number of furan rings is 2. The minimum Gasteiger partial charge on any atom is -0.456 e. The molecule has 184 valence electrons. The van der Waals surface area contributed by atoms with Crippen molar-refractivity contribution in [3.8, 4) is 22.3 Å². The Morgan fingerprint density at radius 1 is 0.385 bits per heavy atom. The highest BCUT2D eigenvalue weighted by Crippen LogP contribution is 2.38. The Morgan fingerprint density at radius 2 is 0.974 bits per heavy atom. The van der Waals surface area contributed by atoms with E-state index in [9.17, 15) is 0 Å². The summed E-state index contributed by atoms with van der Waals surface area (Å²) in [6.07, 6.45) is 0. The average molecular weight is 502 g/mol. The summed E-state index contributed by atoms with van der Waals surface area (Å²) in [7, 11) is 0. The fraction of sp³-hybridized carbons (Fsp3) is 0. The molecule has 3 nitrogen and oxygen atoms in total. The molecule has 0 saturated heterocycles. The van der Waals surface area contributed by atoms with Gasteiger partial charge in [-0.15, -0.1) is 0 Å². The molecule has 0 aliphatic rings. The smallest absolute Gasteiger partial charge is 0.137 e. The maximum atomic E-state index is 6.21. The van der Waals surface area contributed by atoms with Gasteiger partial charge in [-0.05, 0) is 76.9 Å². The van der Waals surface area contributed by atoms with Gasteiger partial charge in [-0.1, -0.05) is 78.9 Å². The van der Waals surface area contributed by atoms with Crippen LogP contribution in [0.15, 0.2) is 142 Å². The highest BCUT2D eigenvalue weighted by molar-refractivity contribution is 6.13. The third-order valence-corrected chi connectivity index (χ3v) is 7.48. The molecule has 8 aromatic rings. The molecule has 6 aromatic carbocycles. The molecule has 0 amide bonds. The van der Waals surface area contributed by atoms with Gasteiger partial charge in [0.15, 0.2) is 0 Å². The summed E-state index contributed by atoms with van der Waals surface area (Å²) in [5, 5.41) is 8.11. The summed E-state index contributed by atoms with van der Waals surface area (Å²) < 4.78 is 12.2. The quantitative estimate of drug-likeness (QED) is 0.261. The molecular weight excluding hydrogens is 478 g/mol. The predicted octanol–water partition coefficient (Wildman–Crippen LogP) is 10.6. The van der Waals surface area contributed by atoms with Crippen molar-refractivity contribution in [2.45, 2.75) is 0 Å². The number of hydrogen-bond donors (Lipinski definition) is 1. The van der Waals surface area contributed by atoms with E-state index >= 15 is 0 Å². The van der Waals surface area contributed by atoms with Crippen LogP contribution >= 0.6 is 0 Å². The molecular formula is C36H23NO2. The van der Waals surface area contributed by atoms with Crippen LogP contribution in [0.2, 0.25) is 0 Å². The second-order valence-electron chi connectivity index (χ2n) is 9.87. The lowest BCUT2D eigenvalue weighted by molar-refractivity contribution is 0.668. The third-order valence-electron chi connectivity index (χ3n) is 7.48. The summed E-state index contributed by atoms with van der Waals surface area (Å²) in [5.41, 5.74) is 10.3. The molecule has 0 fully saturated rings. The van der Waals surface area contributed by atoms with Gasteiger partial charge in [-0.25, -0.2) is 0 Å². The van der Waals surface area contributed by atoms with E-state index in [4.69, 9.17) is 8.83 Å². The van der Waals surface area contributed by atoms with Gasteiger partial charge in [0.25, 0.3) is 0 Å². The molecule has 0 bridgehead atoms. The molecule has 0 aliphatic heterocycles. The molecule has 0 radical (unpaired) electrons. The van der Waals surface area contributed by atoms with Gasteiger partial charge in [0.2, 0.25) is 0 Å². The second-order valence-corrected chi connectivity index (χ2v) is 9.87. The van der Waals surface area contributed by atoms with Crippen molar-refractivity contribution in [1.29, 1.82) is 0 Å². The van der Waals surface area contributed by atoms with Crippen LogP contribution in [0, 0.1) is 0 Å². The van der Waals surface area contributed by atoms with Crippen molar-refractivity contribution >= 4 is 55.3 Å². The van der Waals surface area contributed by atoms with Crippen LogP contribution in [0.4, 0.5) is 11.4 Å². The van der Waals surface area contributed by atoms with Crippen molar-refractivity contribution in [2.24, 2.45) is 0 Å². The number of rotatable bonds is 4. The van der Waals surface area contributed by atoms with Crippen LogP contribution in [0.25, 0.3) is 66.1 Å². The number of anilines is 2. The molecule has 1 N–H and O–H groups in total. The maximum Gasteiger partial charge on any atom is 0.137 e. The highest BCUT2D eigenvalue weighted by Gasteiger charge is 2.13. The van der Waals surface area contributed by atoms with Gasteiger partial charge < -0.3 is 14.2 Å². The standard InChI is InChI=1S/C36H23NO2/c1-2-7-23(8-3-1)26-16-20-34-30(22-26)36-31(10-6-12-35(36)39-34)37-27-17-13-24(14-18-27)25-15-19-33-29(21-25)28-9-4-5-11-32(28)38-33/h1-22,37H. The summed E-state index contributed by atoms with van der Waals surface area (Å²) in [4.78, 5) is 0. The fourth-order valence-corrected chi connectivity index (χ4v) is 5.55. The van der Waals surface area contributed by atoms with Crippen molar-refractivity contribution < 1.29 is 8.83 Å². The lowest BCUT2D eigenvalue weighted by Gasteiger charge is -2.10. The summed E-state index contributed by atoms with van der Waals surface area (Å²) in [6, 6.07) is 46.2. The van der Waals surface area contributed by atoms with Crippen LogP contribution < -0.4 is 5.32 Å². The molecule has 39 heavy (non-hydrogen) atoms. The Balaban J connectivity index is 1.15. The molecule has 2 aromatic heterocycles. The first kappa shape index (κ1) is 21.8. The van der Waals surface area contributed by atoms with E-state index < -0.39 is 0 Å². The molecule has 0 spiro atoms. The van der Waals surface area contributed by atoms with E-state index in [1.54, 1.807) is 0 Å². The van der Waals surface area contributed by atoms with Gasteiger partial charge in [0.1, 0.15) is 22.3 Å². The zero-order valence-electron chi connectivity index (χ0n) is 21.0. The molecule has 2 heterocycles.